The van der Waals surface area contributed by atoms with Crippen LogP contribution in [0.2, 0.25) is 0 Å². The molecule has 0 saturated heterocycles. The average Bonchev–Trinajstić information content (AvgIpc) is 2.77. The smallest absolute Gasteiger partial charge is 0.330 e. The van der Waals surface area contributed by atoms with Crippen molar-refractivity contribution in [2.75, 3.05) is 0 Å². The second-order valence-corrected chi connectivity index (χ2v) is 5.18. The number of aliphatic carboxylic acids is 1. The summed E-state index contributed by atoms with van der Waals surface area (Å²) >= 11 is 0. The Morgan fingerprint density at radius 3 is 2.47 bits per heavy atom. The van der Waals surface area contributed by atoms with E-state index in [9.17, 15) is 9.59 Å². The zero-order chi connectivity index (χ0) is 13.2. The van der Waals surface area contributed by atoms with E-state index < -0.39 is 17.9 Å². The molecule has 4 nitrogen and oxygen atoms in total. The molecule has 0 radical (unpaired) electrons. The van der Waals surface area contributed by atoms with E-state index in [1.165, 1.54) is 6.08 Å². The predicted octanol–water partition coefficient (Wildman–Crippen LogP) is 2.24. The molecule has 1 aliphatic carbocycles. The number of carbonyl (C=O) groups is 2. The average molecular weight is 240 g/mol. The van der Waals surface area contributed by atoms with E-state index in [4.69, 9.17) is 9.84 Å². The molecular formula is C13H20O4. The van der Waals surface area contributed by atoms with E-state index in [-0.39, 0.29) is 17.4 Å². The van der Waals surface area contributed by atoms with Crippen molar-refractivity contribution >= 4 is 11.9 Å². The normalized spacial score (nSPS) is 27.8. The fraction of sp³-hybridized carbons (Fsp3) is 0.692. The number of esters is 1. The summed E-state index contributed by atoms with van der Waals surface area (Å²) in [5, 5.41) is 8.96. The molecule has 1 N–H and O–H groups in total. The fourth-order valence-corrected chi connectivity index (χ4v) is 2.01. The first-order valence-electron chi connectivity index (χ1n) is 5.92. The minimum atomic E-state index is -0.806. The van der Waals surface area contributed by atoms with Crippen LogP contribution in [0.4, 0.5) is 0 Å². The van der Waals surface area contributed by atoms with Crippen molar-refractivity contribution < 1.29 is 19.4 Å². The first-order chi connectivity index (χ1) is 7.80. The van der Waals surface area contributed by atoms with Crippen molar-refractivity contribution in [3.8, 4) is 0 Å². The molecule has 0 amide bonds. The molecule has 96 valence electrons. The first kappa shape index (κ1) is 13.7. The van der Waals surface area contributed by atoms with Gasteiger partial charge in [0.05, 0.1) is 12.0 Å². The van der Waals surface area contributed by atoms with Crippen LogP contribution in [0.1, 0.15) is 34.1 Å². The van der Waals surface area contributed by atoms with Gasteiger partial charge in [-0.25, -0.2) is 4.79 Å². The number of ether oxygens (including phenoxy) is 1. The second kappa shape index (κ2) is 4.90. The Balaban J connectivity index is 2.51. The van der Waals surface area contributed by atoms with Crippen LogP contribution >= 0.6 is 0 Å². The molecule has 0 heterocycles. The van der Waals surface area contributed by atoms with Gasteiger partial charge in [0.25, 0.3) is 0 Å². The molecule has 17 heavy (non-hydrogen) atoms. The van der Waals surface area contributed by atoms with Crippen molar-refractivity contribution in [3.63, 3.8) is 0 Å². The van der Waals surface area contributed by atoms with Gasteiger partial charge in [0.1, 0.15) is 0 Å². The molecule has 3 unspecified atom stereocenters. The highest BCUT2D eigenvalue weighted by atomic mass is 16.5. The van der Waals surface area contributed by atoms with Crippen LogP contribution in [-0.2, 0) is 14.3 Å². The summed E-state index contributed by atoms with van der Waals surface area (Å²) in [7, 11) is 0. The lowest BCUT2D eigenvalue weighted by Crippen LogP contribution is -2.11. The molecule has 0 aromatic carbocycles. The van der Waals surface area contributed by atoms with E-state index in [1.54, 1.807) is 6.08 Å². The highest BCUT2D eigenvalue weighted by Gasteiger charge is 2.60. The number of carbonyl (C=O) groups excluding carboxylic acids is 1. The maximum absolute atomic E-state index is 11.4. The summed E-state index contributed by atoms with van der Waals surface area (Å²) in [6, 6.07) is 0. The van der Waals surface area contributed by atoms with Crippen molar-refractivity contribution in [2.45, 2.75) is 40.2 Å². The molecule has 1 fully saturated rings. The van der Waals surface area contributed by atoms with Gasteiger partial charge in [-0.1, -0.05) is 26.8 Å². The molecule has 0 aromatic rings. The largest absolute Gasteiger partial charge is 0.481 e. The number of carboxylic acid groups (broad SMARTS) is 1. The maximum atomic E-state index is 11.4. The van der Waals surface area contributed by atoms with E-state index in [2.05, 4.69) is 0 Å². The number of carboxylic acids is 1. The Morgan fingerprint density at radius 1 is 1.47 bits per heavy atom. The summed E-state index contributed by atoms with van der Waals surface area (Å²) in [5.41, 5.74) is -0.265. The fourth-order valence-electron chi connectivity index (χ4n) is 2.01. The number of hydrogen-bond acceptors (Lipinski definition) is 3. The van der Waals surface area contributed by atoms with Crippen LogP contribution in [0.3, 0.4) is 0 Å². The van der Waals surface area contributed by atoms with Crippen molar-refractivity contribution in [1.29, 1.82) is 0 Å². The van der Waals surface area contributed by atoms with Crippen LogP contribution in [0.25, 0.3) is 0 Å². The molecule has 0 bridgehead atoms. The number of allylic oxidation sites excluding steroid dienone is 1. The van der Waals surface area contributed by atoms with Gasteiger partial charge in [0, 0.05) is 6.08 Å². The van der Waals surface area contributed by atoms with E-state index >= 15 is 0 Å². The third kappa shape index (κ3) is 3.08. The van der Waals surface area contributed by atoms with E-state index in [0.29, 0.717) is 0 Å². The summed E-state index contributed by atoms with van der Waals surface area (Å²) in [5.74, 6) is -1.68. The maximum Gasteiger partial charge on any atom is 0.330 e. The lowest BCUT2D eigenvalue weighted by Gasteiger charge is -2.07. The zero-order valence-electron chi connectivity index (χ0n) is 10.8. The highest BCUT2D eigenvalue weighted by Crippen LogP contribution is 2.58. The van der Waals surface area contributed by atoms with Gasteiger partial charge in [0.15, 0.2) is 0 Å². The van der Waals surface area contributed by atoms with E-state index in [1.807, 2.05) is 27.7 Å². The van der Waals surface area contributed by atoms with Gasteiger partial charge in [-0.05, 0) is 24.7 Å². The standard InChI is InChI=1S/C13H20O4/c1-5-8(2)17-10(14)7-6-9-11(12(15)16)13(9,3)4/h6-9,11H,5H2,1-4H3,(H,15,16)/b7-6-. The molecule has 1 saturated carbocycles. The number of hydrogen-bond donors (Lipinski definition) is 1. The molecule has 1 aliphatic rings. The van der Waals surface area contributed by atoms with Gasteiger partial charge in [-0.2, -0.15) is 0 Å². The summed E-state index contributed by atoms with van der Waals surface area (Å²) in [6.45, 7) is 7.54. The van der Waals surface area contributed by atoms with Gasteiger partial charge in [0.2, 0.25) is 0 Å². The van der Waals surface area contributed by atoms with Crippen LogP contribution in [0, 0.1) is 17.3 Å². The Morgan fingerprint density at radius 2 is 2.06 bits per heavy atom. The molecule has 0 aliphatic heterocycles. The Bertz CT molecular complexity index is 343. The van der Waals surface area contributed by atoms with Gasteiger partial charge in [-0.3, -0.25) is 4.79 Å². The van der Waals surface area contributed by atoms with Crippen LogP contribution in [0.5, 0.6) is 0 Å². The third-order valence-corrected chi connectivity index (χ3v) is 3.51. The minimum absolute atomic E-state index is 0.0792. The molecule has 0 aromatic heterocycles. The zero-order valence-corrected chi connectivity index (χ0v) is 10.8. The van der Waals surface area contributed by atoms with E-state index in [0.717, 1.165) is 6.42 Å². The Hall–Kier alpha value is -1.32. The summed E-state index contributed by atoms with van der Waals surface area (Å²) < 4.78 is 5.07. The quantitative estimate of drug-likeness (QED) is 0.591. The van der Waals surface area contributed by atoms with Crippen molar-refractivity contribution in [1.82, 2.24) is 0 Å². The molecule has 4 heteroatoms. The Labute approximate surface area is 102 Å². The molecule has 0 spiro atoms. The minimum Gasteiger partial charge on any atom is -0.481 e. The third-order valence-electron chi connectivity index (χ3n) is 3.51. The summed E-state index contributed by atoms with van der Waals surface area (Å²) in [4.78, 5) is 22.3. The van der Waals surface area contributed by atoms with Crippen LogP contribution < -0.4 is 0 Å². The lowest BCUT2D eigenvalue weighted by atomic mass is 10.1. The number of rotatable bonds is 5. The lowest BCUT2D eigenvalue weighted by molar-refractivity contribution is -0.142. The predicted molar refractivity (Wildman–Crippen MR) is 63.4 cm³/mol. The SMILES string of the molecule is CCC(C)OC(=O)/C=C\C1C(C(=O)O)C1(C)C. The van der Waals surface area contributed by atoms with Crippen molar-refractivity contribution in [3.05, 3.63) is 12.2 Å². The summed E-state index contributed by atoms with van der Waals surface area (Å²) in [6.07, 6.45) is 3.67. The second-order valence-electron chi connectivity index (χ2n) is 5.18. The topological polar surface area (TPSA) is 63.6 Å². The monoisotopic (exact) mass is 240 g/mol. The molecular weight excluding hydrogens is 220 g/mol. The van der Waals surface area contributed by atoms with Gasteiger partial charge >= 0.3 is 11.9 Å². The molecule has 3 atom stereocenters. The molecule has 1 rings (SSSR count). The van der Waals surface area contributed by atoms with Crippen LogP contribution in [0.15, 0.2) is 12.2 Å². The van der Waals surface area contributed by atoms with Gasteiger partial charge in [-0.15, -0.1) is 0 Å². The Kier molecular flexibility index (Phi) is 3.96. The van der Waals surface area contributed by atoms with Gasteiger partial charge < -0.3 is 9.84 Å². The highest BCUT2D eigenvalue weighted by molar-refractivity contribution is 5.83. The first-order valence-corrected chi connectivity index (χ1v) is 5.92. The van der Waals surface area contributed by atoms with Crippen molar-refractivity contribution in [2.24, 2.45) is 17.3 Å². The van der Waals surface area contributed by atoms with Crippen LogP contribution in [-0.4, -0.2) is 23.1 Å².